The van der Waals surface area contributed by atoms with Crippen LogP contribution in [-0.4, -0.2) is 22.7 Å². The molecule has 0 unspecified atom stereocenters. The molecule has 0 saturated heterocycles. The Morgan fingerprint density at radius 2 is 2.06 bits per heavy atom. The first-order chi connectivity index (χ1) is 8.69. The maximum absolute atomic E-state index is 11.9. The van der Waals surface area contributed by atoms with E-state index in [0.29, 0.717) is 5.56 Å². The molecule has 0 radical (unpaired) electrons. The molecule has 92 valence electrons. The number of aromatic nitrogens is 2. The zero-order valence-corrected chi connectivity index (χ0v) is 10.3. The van der Waals surface area contributed by atoms with Gasteiger partial charge in [-0.05, 0) is 36.4 Å². The number of ketones is 1. The molecule has 0 fully saturated rings. The third kappa shape index (κ3) is 2.85. The fourth-order valence-corrected chi connectivity index (χ4v) is 1.55. The van der Waals surface area contributed by atoms with Crippen LogP contribution in [0, 0.1) is 0 Å². The average Bonchev–Trinajstić information content (AvgIpc) is 2.82. The van der Waals surface area contributed by atoms with Gasteiger partial charge in [0.15, 0.2) is 5.78 Å². The number of carbonyl (C=O) groups is 1. The minimum absolute atomic E-state index is 0.0403. The normalized spacial score (nSPS) is 10.8. The lowest BCUT2D eigenvalue weighted by atomic mass is 10.1. The van der Waals surface area contributed by atoms with Crippen LogP contribution in [0.4, 0.5) is 0 Å². The van der Waals surface area contributed by atoms with Crippen molar-refractivity contribution in [2.24, 2.45) is 7.05 Å². The van der Waals surface area contributed by atoms with Gasteiger partial charge in [-0.3, -0.25) is 9.48 Å². The molecule has 0 aliphatic rings. The molecule has 0 atom stereocenters. The van der Waals surface area contributed by atoms with Crippen molar-refractivity contribution in [1.82, 2.24) is 9.78 Å². The van der Waals surface area contributed by atoms with Gasteiger partial charge in [0.1, 0.15) is 5.75 Å². The second-order valence-corrected chi connectivity index (χ2v) is 3.87. The van der Waals surface area contributed by atoms with Crippen LogP contribution >= 0.6 is 0 Å². The Morgan fingerprint density at radius 3 is 2.61 bits per heavy atom. The van der Waals surface area contributed by atoms with E-state index in [0.717, 1.165) is 11.3 Å². The van der Waals surface area contributed by atoms with Crippen molar-refractivity contribution in [3.8, 4) is 5.75 Å². The molecule has 0 bridgehead atoms. The molecule has 0 spiro atoms. The molecule has 1 aromatic heterocycles. The summed E-state index contributed by atoms with van der Waals surface area (Å²) in [5.41, 5.74) is 1.54. The van der Waals surface area contributed by atoms with Gasteiger partial charge in [-0.2, -0.15) is 5.10 Å². The monoisotopic (exact) mass is 242 g/mol. The summed E-state index contributed by atoms with van der Waals surface area (Å²) in [7, 11) is 3.43. The summed E-state index contributed by atoms with van der Waals surface area (Å²) in [5, 5.41) is 4.03. The van der Waals surface area contributed by atoms with Crippen molar-refractivity contribution in [2.45, 2.75) is 0 Å². The van der Waals surface area contributed by atoms with Crippen molar-refractivity contribution >= 4 is 11.9 Å². The van der Waals surface area contributed by atoms with Crippen LogP contribution in [0.25, 0.3) is 6.08 Å². The van der Waals surface area contributed by atoms with E-state index in [4.69, 9.17) is 4.74 Å². The molecule has 0 N–H and O–H groups in total. The van der Waals surface area contributed by atoms with E-state index in [1.165, 1.54) is 0 Å². The van der Waals surface area contributed by atoms with Crippen LogP contribution in [-0.2, 0) is 7.05 Å². The van der Waals surface area contributed by atoms with Gasteiger partial charge in [0.05, 0.1) is 13.3 Å². The van der Waals surface area contributed by atoms with Crippen LogP contribution in [0.1, 0.15) is 15.9 Å². The molecule has 1 heterocycles. The second-order valence-electron chi connectivity index (χ2n) is 3.87. The second kappa shape index (κ2) is 5.31. The van der Waals surface area contributed by atoms with Gasteiger partial charge in [-0.15, -0.1) is 0 Å². The molecule has 4 nitrogen and oxygen atoms in total. The van der Waals surface area contributed by atoms with Gasteiger partial charge in [0.2, 0.25) is 0 Å². The zero-order chi connectivity index (χ0) is 13.0. The first-order valence-corrected chi connectivity index (χ1v) is 5.54. The zero-order valence-electron chi connectivity index (χ0n) is 10.3. The molecular weight excluding hydrogens is 228 g/mol. The van der Waals surface area contributed by atoms with E-state index in [1.807, 2.05) is 13.2 Å². The Morgan fingerprint density at radius 1 is 1.33 bits per heavy atom. The highest BCUT2D eigenvalue weighted by atomic mass is 16.5. The molecule has 2 aromatic rings. The number of rotatable bonds is 4. The van der Waals surface area contributed by atoms with Crippen molar-refractivity contribution in [1.29, 1.82) is 0 Å². The predicted octanol–water partition coefficient (Wildman–Crippen LogP) is 2.32. The number of aryl methyl sites for hydroxylation is 1. The van der Waals surface area contributed by atoms with Crippen LogP contribution in [0.15, 0.2) is 42.7 Å². The van der Waals surface area contributed by atoms with Gasteiger partial charge in [0.25, 0.3) is 0 Å². The van der Waals surface area contributed by atoms with Gasteiger partial charge < -0.3 is 4.74 Å². The molecule has 18 heavy (non-hydrogen) atoms. The minimum Gasteiger partial charge on any atom is -0.497 e. The lowest BCUT2D eigenvalue weighted by Crippen LogP contribution is -1.93. The summed E-state index contributed by atoms with van der Waals surface area (Å²) in [5.74, 6) is 0.698. The molecule has 0 aliphatic carbocycles. The highest BCUT2D eigenvalue weighted by Gasteiger charge is 2.01. The molecular formula is C14H14N2O2. The van der Waals surface area contributed by atoms with E-state index >= 15 is 0 Å². The van der Waals surface area contributed by atoms with E-state index in [-0.39, 0.29) is 5.78 Å². The number of carbonyl (C=O) groups excluding carboxylic acids is 1. The summed E-state index contributed by atoms with van der Waals surface area (Å²) in [6.45, 7) is 0. The Labute approximate surface area is 106 Å². The summed E-state index contributed by atoms with van der Waals surface area (Å²) >= 11 is 0. The number of allylic oxidation sites excluding steroid dienone is 1. The predicted molar refractivity (Wildman–Crippen MR) is 69.6 cm³/mol. The smallest absolute Gasteiger partial charge is 0.185 e. The lowest BCUT2D eigenvalue weighted by Gasteiger charge is -1.99. The number of hydrogen-bond donors (Lipinski definition) is 0. The first kappa shape index (κ1) is 12.1. The number of nitrogens with zero attached hydrogens (tertiary/aromatic N) is 2. The Bertz CT molecular complexity index is 568. The first-order valence-electron chi connectivity index (χ1n) is 5.54. The fourth-order valence-electron chi connectivity index (χ4n) is 1.55. The van der Waals surface area contributed by atoms with Crippen LogP contribution in [0.2, 0.25) is 0 Å². The number of ether oxygens (including phenoxy) is 1. The van der Waals surface area contributed by atoms with Crippen molar-refractivity contribution in [3.05, 3.63) is 53.9 Å². The standard InChI is InChI=1S/C14H14N2O2/c1-16-10-11(9-15-16)3-8-14(17)12-4-6-13(18-2)7-5-12/h3-10H,1-2H3. The summed E-state index contributed by atoms with van der Waals surface area (Å²) in [6, 6.07) is 7.03. The van der Waals surface area contributed by atoms with Gasteiger partial charge in [-0.1, -0.05) is 0 Å². The number of methoxy groups -OCH3 is 1. The van der Waals surface area contributed by atoms with Crippen LogP contribution in [0.3, 0.4) is 0 Å². The third-order valence-electron chi connectivity index (χ3n) is 2.53. The Hall–Kier alpha value is -2.36. The molecule has 0 saturated carbocycles. The largest absolute Gasteiger partial charge is 0.497 e. The Kier molecular flexibility index (Phi) is 3.57. The minimum atomic E-state index is -0.0403. The summed E-state index contributed by atoms with van der Waals surface area (Å²) in [6.07, 6.45) is 6.84. The highest BCUT2D eigenvalue weighted by molar-refractivity contribution is 6.06. The molecule has 2 rings (SSSR count). The Balaban J connectivity index is 2.09. The average molecular weight is 242 g/mol. The van der Waals surface area contributed by atoms with Gasteiger partial charge >= 0.3 is 0 Å². The van der Waals surface area contributed by atoms with E-state index < -0.39 is 0 Å². The maximum Gasteiger partial charge on any atom is 0.185 e. The molecule has 1 aromatic carbocycles. The van der Waals surface area contributed by atoms with Crippen molar-refractivity contribution in [3.63, 3.8) is 0 Å². The number of hydrogen-bond acceptors (Lipinski definition) is 3. The van der Waals surface area contributed by atoms with Crippen LogP contribution in [0.5, 0.6) is 5.75 Å². The maximum atomic E-state index is 11.9. The van der Waals surface area contributed by atoms with Gasteiger partial charge in [0, 0.05) is 24.4 Å². The summed E-state index contributed by atoms with van der Waals surface area (Å²) < 4.78 is 6.73. The topological polar surface area (TPSA) is 44.1 Å². The van der Waals surface area contributed by atoms with Crippen molar-refractivity contribution in [2.75, 3.05) is 7.11 Å². The van der Waals surface area contributed by atoms with E-state index in [9.17, 15) is 4.79 Å². The summed E-state index contributed by atoms with van der Waals surface area (Å²) in [4.78, 5) is 11.9. The van der Waals surface area contributed by atoms with Gasteiger partial charge in [-0.25, -0.2) is 0 Å². The number of benzene rings is 1. The lowest BCUT2D eigenvalue weighted by molar-refractivity contribution is 0.104. The molecule has 0 amide bonds. The highest BCUT2D eigenvalue weighted by Crippen LogP contribution is 2.12. The molecule has 0 aliphatic heterocycles. The van der Waals surface area contributed by atoms with Crippen molar-refractivity contribution < 1.29 is 9.53 Å². The van der Waals surface area contributed by atoms with E-state index in [2.05, 4.69) is 5.10 Å². The molecule has 4 heteroatoms. The SMILES string of the molecule is COc1ccc(C(=O)C=Cc2cnn(C)c2)cc1. The fraction of sp³-hybridized carbons (Fsp3) is 0.143. The van der Waals surface area contributed by atoms with Crippen LogP contribution < -0.4 is 4.74 Å². The van der Waals surface area contributed by atoms with E-state index in [1.54, 1.807) is 54.4 Å². The third-order valence-corrected chi connectivity index (χ3v) is 2.53. The quantitative estimate of drug-likeness (QED) is 0.610.